The van der Waals surface area contributed by atoms with Crippen LogP contribution in [0.2, 0.25) is 0 Å². The Labute approximate surface area is 85.1 Å². The first-order valence-corrected chi connectivity index (χ1v) is 5.25. The first kappa shape index (κ1) is 9.46. The molecule has 1 aromatic heterocycles. The summed E-state index contributed by atoms with van der Waals surface area (Å²) in [5.74, 6) is 1.20. The first-order chi connectivity index (χ1) is 6.92. The molecule has 0 fully saturated rings. The quantitative estimate of drug-likeness (QED) is 0.721. The smallest absolute Gasteiger partial charge is 0.131 e. The van der Waals surface area contributed by atoms with E-state index in [0.29, 0.717) is 0 Å². The average molecular weight is 191 g/mol. The van der Waals surface area contributed by atoms with Crippen molar-refractivity contribution in [2.45, 2.75) is 12.8 Å². The summed E-state index contributed by atoms with van der Waals surface area (Å²) in [6.07, 6.45) is 4.23. The Balaban J connectivity index is 1.96. The maximum absolute atomic E-state index is 4.42. The predicted molar refractivity (Wildman–Crippen MR) is 58.7 cm³/mol. The van der Waals surface area contributed by atoms with Crippen LogP contribution in [0.3, 0.4) is 0 Å². The summed E-state index contributed by atoms with van der Waals surface area (Å²) in [6, 6.07) is 4.20. The fourth-order valence-corrected chi connectivity index (χ4v) is 1.94. The van der Waals surface area contributed by atoms with Crippen LogP contribution in [-0.4, -0.2) is 31.7 Å². The summed E-state index contributed by atoms with van der Waals surface area (Å²) in [4.78, 5) is 6.81. The van der Waals surface area contributed by atoms with Crippen molar-refractivity contribution in [1.82, 2.24) is 10.3 Å². The molecule has 0 saturated heterocycles. The molecule has 0 atom stereocenters. The molecule has 0 bridgehead atoms. The van der Waals surface area contributed by atoms with Gasteiger partial charge in [-0.2, -0.15) is 0 Å². The van der Waals surface area contributed by atoms with Gasteiger partial charge in [0.2, 0.25) is 0 Å². The molecule has 0 aromatic carbocycles. The van der Waals surface area contributed by atoms with Crippen molar-refractivity contribution in [3.63, 3.8) is 0 Å². The molecule has 2 heterocycles. The number of hydrogen-bond donors (Lipinski definition) is 1. The van der Waals surface area contributed by atoms with Gasteiger partial charge < -0.3 is 10.2 Å². The minimum Gasteiger partial charge on any atom is -0.356 e. The number of rotatable bonds is 4. The van der Waals surface area contributed by atoms with Gasteiger partial charge in [0.05, 0.1) is 0 Å². The lowest BCUT2D eigenvalue weighted by atomic mass is 10.2. The normalized spacial score (nSPS) is 14.5. The molecular formula is C11H17N3. The van der Waals surface area contributed by atoms with Gasteiger partial charge in [-0.15, -0.1) is 0 Å². The van der Waals surface area contributed by atoms with E-state index in [1.165, 1.54) is 17.8 Å². The molecule has 0 saturated carbocycles. The number of aromatic nitrogens is 1. The van der Waals surface area contributed by atoms with Gasteiger partial charge >= 0.3 is 0 Å². The topological polar surface area (TPSA) is 28.2 Å². The van der Waals surface area contributed by atoms with Crippen molar-refractivity contribution in [3.05, 3.63) is 23.9 Å². The van der Waals surface area contributed by atoms with Gasteiger partial charge in [-0.25, -0.2) is 4.98 Å². The largest absolute Gasteiger partial charge is 0.356 e. The highest BCUT2D eigenvalue weighted by atomic mass is 15.2. The Bertz CT molecular complexity index is 298. The van der Waals surface area contributed by atoms with Crippen LogP contribution in [0.15, 0.2) is 18.3 Å². The number of pyridine rings is 1. The predicted octanol–water partition coefficient (Wildman–Crippen LogP) is 1.05. The molecule has 0 aliphatic carbocycles. The monoisotopic (exact) mass is 191 g/mol. The molecule has 3 nitrogen and oxygen atoms in total. The summed E-state index contributed by atoms with van der Waals surface area (Å²) in [6.45, 7) is 3.33. The Morgan fingerprint density at radius 1 is 1.57 bits per heavy atom. The minimum absolute atomic E-state index is 1.08. The van der Waals surface area contributed by atoms with Crippen molar-refractivity contribution in [1.29, 1.82) is 0 Å². The van der Waals surface area contributed by atoms with E-state index in [2.05, 4.69) is 21.3 Å². The molecule has 0 amide bonds. The molecule has 0 radical (unpaired) electrons. The van der Waals surface area contributed by atoms with E-state index in [9.17, 15) is 0 Å². The van der Waals surface area contributed by atoms with Crippen LogP contribution >= 0.6 is 0 Å². The summed E-state index contributed by atoms with van der Waals surface area (Å²) in [7, 11) is 2.00. The van der Waals surface area contributed by atoms with Gasteiger partial charge in [-0.1, -0.05) is 6.07 Å². The van der Waals surface area contributed by atoms with Crippen LogP contribution < -0.4 is 10.2 Å². The van der Waals surface area contributed by atoms with Crippen LogP contribution in [-0.2, 0) is 6.42 Å². The van der Waals surface area contributed by atoms with E-state index >= 15 is 0 Å². The lowest BCUT2D eigenvalue weighted by Crippen LogP contribution is -2.25. The van der Waals surface area contributed by atoms with Crippen LogP contribution in [0.4, 0.5) is 5.82 Å². The van der Waals surface area contributed by atoms with Gasteiger partial charge in [-0.05, 0) is 38.1 Å². The molecule has 1 aromatic rings. The van der Waals surface area contributed by atoms with E-state index in [0.717, 1.165) is 26.1 Å². The van der Waals surface area contributed by atoms with Crippen LogP contribution in [0.1, 0.15) is 12.0 Å². The van der Waals surface area contributed by atoms with E-state index < -0.39 is 0 Å². The first-order valence-electron chi connectivity index (χ1n) is 5.25. The van der Waals surface area contributed by atoms with Crippen LogP contribution in [0, 0.1) is 0 Å². The minimum atomic E-state index is 1.08. The van der Waals surface area contributed by atoms with Crippen molar-refractivity contribution in [3.8, 4) is 0 Å². The SMILES string of the molecule is CNCCCN1CCc2cccnc21. The molecule has 1 aliphatic rings. The fraction of sp³-hybridized carbons (Fsp3) is 0.545. The third-order valence-electron chi connectivity index (χ3n) is 2.67. The third-order valence-corrected chi connectivity index (χ3v) is 2.67. The van der Waals surface area contributed by atoms with Gasteiger partial charge in [0.25, 0.3) is 0 Å². The lowest BCUT2D eigenvalue weighted by Gasteiger charge is -2.17. The second-order valence-corrected chi connectivity index (χ2v) is 3.68. The second-order valence-electron chi connectivity index (χ2n) is 3.68. The number of hydrogen-bond acceptors (Lipinski definition) is 3. The van der Waals surface area contributed by atoms with E-state index in [1.807, 2.05) is 19.3 Å². The average Bonchev–Trinajstić information content (AvgIpc) is 2.63. The Hall–Kier alpha value is -1.09. The number of fused-ring (bicyclic) bond motifs is 1. The third kappa shape index (κ3) is 1.87. The summed E-state index contributed by atoms with van der Waals surface area (Å²) in [5.41, 5.74) is 1.40. The summed E-state index contributed by atoms with van der Waals surface area (Å²) < 4.78 is 0. The Morgan fingerprint density at radius 3 is 3.36 bits per heavy atom. The highest BCUT2D eigenvalue weighted by molar-refractivity contribution is 5.51. The van der Waals surface area contributed by atoms with Crippen LogP contribution in [0.5, 0.6) is 0 Å². The highest BCUT2D eigenvalue weighted by Gasteiger charge is 2.18. The molecule has 76 valence electrons. The molecule has 3 heteroatoms. The van der Waals surface area contributed by atoms with E-state index in [-0.39, 0.29) is 0 Å². The van der Waals surface area contributed by atoms with Crippen LogP contribution in [0.25, 0.3) is 0 Å². The molecular weight excluding hydrogens is 174 g/mol. The molecule has 2 rings (SSSR count). The second kappa shape index (κ2) is 4.42. The summed E-state index contributed by atoms with van der Waals surface area (Å²) >= 11 is 0. The van der Waals surface area contributed by atoms with Crippen molar-refractivity contribution in [2.75, 3.05) is 31.6 Å². The maximum atomic E-state index is 4.42. The maximum Gasteiger partial charge on any atom is 0.131 e. The van der Waals surface area contributed by atoms with E-state index in [4.69, 9.17) is 0 Å². The molecule has 14 heavy (non-hydrogen) atoms. The highest BCUT2D eigenvalue weighted by Crippen LogP contribution is 2.24. The molecule has 1 aliphatic heterocycles. The van der Waals surface area contributed by atoms with Gasteiger partial charge in [0.15, 0.2) is 0 Å². The van der Waals surface area contributed by atoms with Crippen molar-refractivity contribution < 1.29 is 0 Å². The molecule has 0 unspecified atom stereocenters. The van der Waals surface area contributed by atoms with Gasteiger partial charge in [0.1, 0.15) is 5.82 Å². The zero-order valence-electron chi connectivity index (χ0n) is 8.66. The Morgan fingerprint density at radius 2 is 2.50 bits per heavy atom. The number of nitrogens with one attached hydrogen (secondary N) is 1. The molecule has 0 spiro atoms. The van der Waals surface area contributed by atoms with Crippen molar-refractivity contribution in [2.24, 2.45) is 0 Å². The lowest BCUT2D eigenvalue weighted by molar-refractivity contribution is 0.693. The Kier molecular flexibility index (Phi) is 2.99. The fourth-order valence-electron chi connectivity index (χ4n) is 1.94. The number of nitrogens with zero attached hydrogens (tertiary/aromatic N) is 2. The van der Waals surface area contributed by atoms with Gasteiger partial charge in [-0.3, -0.25) is 0 Å². The molecule has 1 N–H and O–H groups in total. The van der Waals surface area contributed by atoms with Crippen molar-refractivity contribution >= 4 is 5.82 Å². The zero-order chi connectivity index (χ0) is 9.80. The van der Waals surface area contributed by atoms with E-state index in [1.54, 1.807) is 0 Å². The zero-order valence-corrected chi connectivity index (χ0v) is 8.66. The van der Waals surface area contributed by atoms with Gasteiger partial charge in [0, 0.05) is 19.3 Å². The number of anilines is 1. The summed E-state index contributed by atoms with van der Waals surface area (Å²) in [5, 5.41) is 3.17. The standard InChI is InChI=1S/C11H17N3/c1-12-6-3-8-14-9-5-10-4-2-7-13-11(10)14/h2,4,7,12H,3,5-6,8-9H2,1H3.